The van der Waals surface area contributed by atoms with Crippen LogP contribution < -0.4 is 14.4 Å². The second-order valence-electron chi connectivity index (χ2n) is 9.33. The van der Waals surface area contributed by atoms with Crippen molar-refractivity contribution in [2.24, 2.45) is 0 Å². The number of likely N-dealkylation sites (tertiary alicyclic amines) is 1. The Hall–Kier alpha value is -3.07. The third kappa shape index (κ3) is 5.45. The number of ether oxygens (including phenoxy) is 3. The minimum atomic E-state index is -0.408. The van der Waals surface area contributed by atoms with Crippen LogP contribution in [0, 0.1) is 0 Å². The second kappa shape index (κ2) is 11.1. The average Bonchev–Trinajstić information content (AvgIpc) is 3.54. The van der Waals surface area contributed by atoms with Gasteiger partial charge in [-0.3, -0.25) is 9.59 Å². The summed E-state index contributed by atoms with van der Waals surface area (Å²) in [7, 11) is 7.14. The number of methoxy groups -OCH3 is 2. The summed E-state index contributed by atoms with van der Waals surface area (Å²) >= 11 is 0. The number of fused-ring (bicyclic) bond motifs is 1. The molecule has 190 valence electrons. The number of pyridine rings is 1. The van der Waals surface area contributed by atoms with Crippen molar-refractivity contribution in [3.63, 3.8) is 0 Å². The van der Waals surface area contributed by atoms with Crippen LogP contribution in [-0.2, 0) is 20.9 Å². The van der Waals surface area contributed by atoms with Gasteiger partial charge in [0, 0.05) is 64.3 Å². The highest BCUT2D eigenvalue weighted by atomic mass is 16.5. The van der Waals surface area contributed by atoms with Crippen molar-refractivity contribution < 1.29 is 23.8 Å². The van der Waals surface area contributed by atoms with Crippen molar-refractivity contribution in [3.8, 4) is 11.5 Å². The van der Waals surface area contributed by atoms with Crippen LogP contribution in [0.1, 0.15) is 37.7 Å². The SMILES string of the molecule is COc1ccc(OC)c2nc(N(C)C)c(CN(CCCN3CCCC3=O)C(=O)[C@H]3CCCO3)cc12. The largest absolute Gasteiger partial charge is 0.496 e. The van der Waals surface area contributed by atoms with Crippen LogP contribution >= 0.6 is 0 Å². The van der Waals surface area contributed by atoms with Crippen molar-refractivity contribution in [2.75, 3.05) is 59.5 Å². The standard InChI is InChI=1S/C26H36N4O5/c1-28(2)25-18(16-19-20(33-3)10-11-21(34-4)24(19)27-25)17-30(26(32)22-8-6-15-35-22)14-7-13-29-12-5-9-23(29)31/h10-11,16,22H,5-9,12-15,17H2,1-4H3/t22-/m1/s1. The van der Waals surface area contributed by atoms with Crippen LogP contribution in [0.25, 0.3) is 10.9 Å². The zero-order chi connectivity index (χ0) is 24.9. The Morgan fingerprint density at radius 3 is 2.60 bits per heavy atom. The smallest absolute Gasteiger partial charge is 0.252 e. The fraction of sp³-hybridized carbons (Fsp3) is 0.577. The van der Waals surface area contributed by atoms with E-state index in [2.05, 4.69) is 0 Å². The van der Waals surface area contributed by atoms with Crippen molar-refractivity contribution in [1.82, 2.24) is 14.8 Å². The van der Waals surface area contributed by atoms with Gasteiger partial charge in [-0.25, -0.2) is 4.98 Å². The molecule has 1 atom stereocenters. The molecule has 4 rings (SSSR count). The van der Waals surface area contributed by atoms with E-state index in [4.69, 9.17) is 19.2 Å². The van der Waals surface area contributed by atoms with Gasteiger partial charge in [-0.1, -0.05) is 0 Å². The lowest BCUT2D eigenvalue weighted by Crippen LogP contribution is -2.40. The quantitative estimate of drug-likeness (QED) is 0.513. The molecule has 2 amide bonds. The van der Waals surface area contributed by atoms with Gasteiger partial charge in [0.25, 0.3) is 5.91 Å². The minimum absolute atomic E-state index is 0.00217. The summed E-state index contributed by atoms with van der Waals surface area (Å²) in [5.41, 5.74) is 1.63. The van der Waals surface area contributed by atoms with Gasteiger partial charge in [0.15, 0.2) is 0 Å². The van der Waals surface area contributed by atoms with E-state index in [-0.39, 0.29) is 11.8 Å². The second-order valence-corrected chi connectivity index (χ2v) is 9.33. The molecule has 0 unspecified atom stereocenters. The molecule has 3 heterocycles. The molecule has 35 heavy (non-hydrogen) atoms. The third-order valence-electron chi connectivity index (χ3n) is 6.73. The number of hydrogen-bond donors (Lipinski definition) is 0. The minimum Gasteiger partial charge on any atom is -0.496 e. The molecule has 2 saturated heterocycles. The first-order valence-corrected chi connectivity index (χ1v) is 12.3. The van der Waals surface area contributed by atoms with Crippen molar-refractivity contribution in [1.29, 1.82) is 0 Å². The molecule has 9 nitrogen and oxygen atoms in total. The monoisotopic (exact) mass is 484 g/mol. The van der Waals surface area contributed by atoms with Crippen LogP contribution in [0.5, 0.6) is 11.5 Å². The number of benzene rings is 1. The number of amides is 2. The summed E-state index contributed by atoms with van der Waals surface area (Å²) in [6.45, 7) is 3.02. The molecule has 0 spiro atoms. The summed E-state index contributed by atoms with van der Waals surface area (Å²) in [6.07, 6.45) is 3.48. The highest BCUT2D eigenvalue weighted by molar-refractivity contribution is 5.92. The molecule has 2 aliphatic rings. The first kappa shape index (κ1) is 25.0. The Morgan fingerprint density at radius 1 is 1.20 bits per heavy atom. The number of anilines is 1. The number of nitrogens with zero attached hydrogens (tertiary/aromatic N) is 4. The summed E-state index contributed by atoms with van der Waals surface area (Å²) in [5.74, 6) is 2.33. The predicted molar refractivity (Wildman–Crippen MR) is 134 cm³/mol. The molecule has 0 N–H and O–H groups in total. The topological polar surface area (TPSA) is 84.4 Å². The summed E-state index contributed by atoms with van der Waals surface area (Å²) in [5, 5.41) is 0.833. The first-order chi connectivity index (χ1) is 16.9. The molecule has 0 saturated carbocycles. The van der Waals surface area contributed by atoms with Crippen molar-refractivity contribution in [2.45, 2.75) is 44.8 Å². The Morgan fingerprint density at radius 2 is 1.97 bits per heavy atom. The Bertz CT molecular complexity index is 1070. The molecule has 9 heteroatoms. The van der Waals surface area contributed by atoms with E-state index >= 15 is 0 Å². The maximum atomic E-state index is 13.5. The molecular formula is C26H36N4O5. The predicted octanol–water partition coefficient (Wildman–Crippen LogP) is 2.84. The fourth-order valence-corrected chi connectivity index (χ4v) is 4.93. The lowest BCUT2D eigenvalue weighted by molar-refractivity contribution is -0.141. The van der Waals surface area contributed by atoms with Gasteiger partial charge >= 0.3 is 0 Å². The van der Waals surface area contributed by atoms with Crippen LogP contribution in [0.3, 0.4) is 0 Å². The molecule has 1 aromatic carbocycles. The van der Waals surface area contributed by atoms with Crippen molar-refractivity contribution in [3.05, 3.63) is 23.8 Å². The van der Waals surface area contributed by atoms with Gasteiger partial charge in [-0.05, 0) is 43.9 Å². The summed E-state index contributed by atoms with van der Waals surface area (Å²) in [4.78, 5) is 36.1. The van der Waals surface area contributed by atoms with Crippen LogP contribution in [0.4, 0.5) is 5.82 Å². The van der Waals surface area contributed by atoms with Gasteiger partial charge in [-0.2, -0.15) is 0 Å². The van der Waals surface area contributed by atoms with Crippen LogP contribution in [-0.4, -0.2) is 87.3 Å². The third-order valence-corrected chi connectivity index (χ3v) is 6.73. The summed E-state index contributed by atoms with van der Waals surface area (Å²) < 4.78 is 16.9. The molecule has 2 fully saturated rings. The molecule has 0 bridgehead atoms. The van der Waals surface area contributed by atoms with E-state index in [0.717, 1.165) is 49.0 Å². The van der Waals surface area contributed by atoms with Crippen molar-refractivity contribution >= 4 is 28.5 Å². The number of aromatic nitrogens is 1. The highest BCUT2D eigenvalue weighted by Gasteiger charge is 2.30. The fourth-order valence-electron chi connectivity index (χ4n) is 4.93. The number of rotatable bonds is 10. The van der Waals surface area contributed by atoms with E-state index in [0.29, 0.717) is 49.7 Å². The lowest BCUT2D eigenvalue weighted by atomic mass is 10.1. The van der Waals surface area contributed by atoms with E-state index in [9.17, 15) is 9.59 Å². The van der Waals surface area contributed by atoms with E-state index in [1.54, 1.807) is 14.2 Å². The van der Waals surface area contributed by atoms with E-state index in [1.165, 1.54) is 0 Å². The van der Waals surface area contributed by atoms with Gasteiger partial charge < -0.3 is 28.9 Å². The Balaban J connectivity index is 1.64. The Kier molecular flexibility index (Phi) is 7.95. The van der Waals surface area contributed by atoms with Gasteiger partial charge in [0.1, 0.15) is 28.9 Å². The molecule has 1 aromatic heterocycles. The van der Waals surface area contributed by atoms with Gasteiger partial charge in [-0.15, -0.1) is 0 Å². The highest BCUT2D eigenvalue weighted by Crippen LogP contribution is 2.35. The average molecular weight is 485 g/mol. The normalized spacial score (nSPS) is 17.8. The molecule has 2 aliphatic heterocycles. The zero-order valence-corrected chi connectivity index (χ0v) is 21.2. The van der Waals surface area contributed by atoms with Gasteiger partial charge in [0.2, 0.25) is 5.91 Å². The van der Waals surface area contributed by atoms with Gasteiger partial charge in [0.05, 0.1) is 14.2 Å². The maximum absolute atomic E-state index is 13.5. The molecular weight excluding hydrogens is 448 g/mol. The number of carbonyl (C=O) groups excluding carboxylic acids is 2. The van der Waals surface area contributed by atoms with Crippen LogP contribution in [0.2, 0.25) is 0 Å². The number of carbonyl (C=O) groups is 2. The van der Waals surface area contributed by atoms with E-state index < -0.39 is 6.10 Å². The molecule has 2 aromatic rings. The Labute approximate surface area is 206 Å². The zero-order valence-electron chi connectivity index (χ0n) is 21.2. The molecule has 0 aliphatic carbocycles. The number of hydrogen-bond acceptors (Lipinski definition) is 7. The maximum Gasteiger partial charge on any atom is 0.252 e. The first-order valence-electron chi connectivity index (χ1n) is 12.3. The van der Waals surface area contributed by atoms with Crippen LogP contribution in [0.15, 0.2) is 18.2 Å². The summed E-state index contributed by atoms with van der Waals surface area (Å²) in [6, 6.07) is 5.75. The molecule has 0 radical (unpaired) electrons. The lowest BCUT2D eigenvalue weighted by Gasteiger charge is -2.28. The van der Waals surface area contributed by atoms with E-state index in [1.807, 2.05) is 47.0 Å².